The number of benzene rings is 1. The Hall–Kier alpha value is -1.21. The lowest BCUT2D eigenvalue weighted by Gasteiger charge is -2.02. The summed E-state index contributed by atoms with van der Waals surface area (Å²) in [4.78, 5) is 18.4. The van der Waals surface area contributed by atoms with Crippen LogP contribution in [-0.4, -0.2) is 31.2 Å². The molecule has 0 aliphatic carbocycles. The molecular weight excluding hydrogens is 264 g/mol. The van der Waals surface area contributed by atoms with Crippen molar-refractivity contribution in [2.45, 2.75) is 19.9 Å². The average molecular weight is 288 g/mol. The van der Waals surface area contributed by atoms with E-state index >= 15 is 0 Å². The first-order valence-corrected chi connectivity index (χ1v) is 6.08. The predicted octanol–water partition coefficient (Wildman–Crippen LogP) is 1.78. The van der Waals surface area contributed by atoms with Gasteiger partial charge in [-0.05, 0) is 38.5 Å². The molecule has 0 spiro atoms. The van der Waals surface area contributed by atoms with Crippen LogP contribution in [0.15, 0.2) is 24.3 Å². The van der Waals surface area contributed by atoms with Gasteiger partial charge in [-0.2, -0.15) is 0 Å². The van der Waals surface area contributed by atoms with Crippen molar-refractivity contribution in [3.8, 4) is 0 Å². The summed E-state index contributed by atoms with van der Waals surface area (Å²) in [5.74, 6) is 0. The zero-order valence-electron chi connectivity index (χ0n) is 11.5. The second kappa shape index (κ2) is 22.0. The summed E-state index contributed by atoms with van der Waals surface area (Å²) in [6.45, 7) is 6.06. The van der Waals surface area contributed by atoms with Gasteiger partial charge in [0.05, 0.1) is 0 Å². The Morgan fingerprint density at radius 3 is 2.11 bits per heavy atom. The maximum atomic E-state index is 10.4. The Kier molecular flexibility index (Phi) is 26.6. The minimum atomic E-state index is 0.735. The van der Waals surface area contributed by atoms with E-state index in [2.05, 4.69) is 30.9 Å². The fraction of sp³-hybridized carbons (Fsp3) is 0.385. The number of nitrogens with two attached hydrogens (primary N) is 1. The van der Waals surface area contributed by atoms with Crippen LogP contribution in [0.3, 0.4) is 0 Å². The molecule has 0 amide bonds. The highest BCUT2D eigenvalue weighted by atomic mass is 32.1. The molecule has 4 N–H and O–H groups in total. The van der Waals surface area contributed by atoms with Crippen LogP contribution in [0.4, 0.5) is 0 Å². The van der Waals surface area contributed by atoms with Crippen LogP contribution in [0.2, 0.25) is 0 Å². The SMILES string of the molecule is C=O.CCCNCc1ccc(C=O)cc1.CN.OS. The molecule has 0 saturated heterocycles. The fourth-order valence-corrected chi connectivity index (χ4v) is 1.12. The van der Waals surface area contributed by atoms with Crippen LogP contribution in [0.5, 0.6) is 0 Å². The minimum absolute atomic E-state index is 0.735. The third-order valence-corrected chi connectivity index (χ3v) is 1.87. The Morgan fingerprint density at radius 1 is 1.26 bits per heavy atom. The first-order chi connectivity index (χ1) is 9.36. The van der Waals surface area contributed by atoms with Crippen molar-refractivity contribution in [3.63, 3.8) is 0 Å². The number of aldehydes is 1. The molecule has 0 radical (unpaired) electrons. The zero-order chi connectivity index (χ0) is 15.5. The lowest BCUT2D eigenvalue weighted by molar-refractivity contribution is -0.0979. The number of thiol groups is 1. The largest absolute Gasteiger partial charge is 0.333 e. The Morgan fingerprint density at radius 2 is 1.74 bits per heavy atom. The lowest BCUT2D eigenvalue weighted by atomic mass is 10.1. The van der Waals surface area contributed by atoms with Crippen LogP contribution >= 0.6 is 12.9 Å². The summed E-state index contributed by atoms with van der Waals surface area (Å²) >= 11 is 2.53. The Bertz CT molecular complexity index is 282. The van der Waals surface area contributed by atoms with Crippen molar-refractivity contribution in [1.29, 1.82) is 0 Å². The Labute approximate surface area is 120 Å². The van der Waals surface area contributed by atoms with Gasteiger partial charge in [0.15, 0.2) is 0 Å². The molecule has 0 aromatic heterocycles. The number of nitrogens with one attached hydrogen (secondary N) is 1. The van der Waals surface area contributed by atoms with E-state index < -0.39 is 0 Å². The molecule has 0 aliphatic heterocycles. The molecule has 5 nitrogen and oxygen atoms in total. The summed E-state index contributed by atoms with van der Waals surface area (Å²) in [5.41, 5.74) is 6.46. The summed E-state index contributed by atoms with van der Waals surface area (Å²) < 4.78 is 6.69. The third kappa shape index (κ3) is 14.7. The molecule has 19 heavy (non-hydrogen) atoms. The van der Waals surface area contributed by atoms with Gasteiger partial charge in [0, 0.05) is 12.1 Å². The van der Waals surface area contributed by atoms with Gasteiger partial charge in [0.1, 0.15) is 13.1 Å². The summed E-state index contributed by atoms with van der Waals surface area (Å²) in [7, 11) is 1.50. The van der Waals surface area contributed by atoms with E-state index in [0.717, 1.165) is 31.4 Å². The summed E-state index contributed by atoms with van der Waals surface area (Å²) in [6.07, 6.45) is 2.01. The summed E-state index contributed by atoms with van der Waals surface area (Å²) in [6, 6.07) is 7.64. The molecule has 0 bridgehead atoms. The molecule has 0 atom stereocenters. The van der Waals surface area contributed by atoms with Crippen LogP contribution in [0.25, 0.3) is 0 Å². The highest BCUT2D eigenvalue weighted by Gasteiger charge is 1.92. The molecule has 1 aromatic carbocycles. The van der Waals surface area contributed by atoms with Crippen molar-refractivity contribution in [2.75, 3.05) is 13.6 Å². The van der Waals surface area contributed by atoms with Crippen LogP contribution in [0, 0.1) is 0 Å². The van der Waals surface area contributed by atoms with Crippen LogP contribution < -0.4 is 11.1 Å². The van der Waals surface area contributed by atoms with Gasteiger partial charge >= 0.3 is 0 Å². The van der Waals surface area contributed by atoms with Gasteiger partial charge < -0.3 is 20.4 Å². The molecule has 6 heteroatoms. The highest BCUT2D eigenvalue weighted by Crippen LogP contribution is 2.01. The Balaban J connectivity index is -0.000000375. The fourth-order valence-electron chi connectivity index (χ4n) is 1.12. The van der Waals surface area contributed by atoms with Gasteiger partial charge in [-0.15, -0.1) is 0 Å². The number of carbonyl (C=O) groups excluding carboxylic acids is 2. The number of rotatable bonds is 5. The van der Waals surface area contributed by atoms with Gasteiger partial charge in [-0.3, -0.25) is 4.79 Å². The first kappa shape index (κ1) is 22.9. The maximum Gasteiger partial charge on any atom is 0.150 e. The first-order valence-electron chi connectivity index (χ1n) is 5.68. The smallest absolute Gasteiger partial charge is 0.150 e. The molecular formula is C13H24N2O3S. The molecule has 1 rings (SSSR count). The molecule has 0 fully saturated rings. The molecule has 0 unspecified atom stereocenters. The highest BCUT2D eigenvalue weighted by molar-refractivity contribution is 7.74. The van der Waals surface area contributed by atoms with Gasteiger partial charge in [0.25, 0.3) is 0 Å². The molecule has 0 aliphatic rings. The molecule has 0 heterocycles. The monoisotopic (exact) mass is 288 g/mol. The van der Waals surface area contributed by atoms with Crippen molar-refractivity contribution in [1.82, 2.24) is 5.32 Å². The summed E-state index contributed by atoms with van der Waals surface area (Å²) in [5, 5.41) is 3.30. The number of hydrogen-bond acceptors (Lipinski definition) is 6. The van der Waals surface area contributed by atoms with E-state index in [1.807, 2.05) is 31.1 Å². The standard InChI is InChI=1S/C11H15NO.CH5N.CH2O.H2OS/c1-2-7-12-8-10-3-5-11(9-13)6-4-10;3*1-2/h3-6,9,12H,2,7-8H2,1H3;2H2,1H3;1H2;1-2H. The normalized spacial score (nSPS) is 7.63. The number of hydrogen-bond donors (Lipinski definition) is 4. The van der Waals surface area contributed by atoms with Crippen molar-refractivity contribution < 1.29 is 14.1 Å². The van der Waals surface area contributed by atoms with Gasteiger partial charge in [-0.25, -0.2) is 0 Å². The molecule has 110 valence electrons. The van der Waals surface area contributed by atoms with E-state index in [1.165, 1.54) is 12.6 Å². The zero-order valence-corrected chi connectivity index (χ0v) is 12.4. The molecule has 1 aromatic rings. The van der Waals surface area contributed by atoms with E-state index in [9.17, 15) is 4.79 Å². The van der Waals surface area contributed by atoms with Crippen molar-refractivity contribution in [2.24, 2.45) is 5.73 Å². The van der Waals surface area contributed by atoms with Crippen LogP contribution in [0.1, 0.15) is 29.3 Å². The predicted molar refractivity (Wildman–Crippen MR) is 82.7 cm³/mol. The quantitative estimate of drug-likeness (QED) is 0.287. The van der Waals surface area contributed by atoms with E-state index in [4.69, 9.17) is 9.35 Å². The van der Waals surface area contributed by atoms with Crippen LogP contribution in [-0.2, 0) is 11.3 Å². The van der Waals surface area contributed by atoms with Gasteiger partial charge in [-0.1, -0.05) is 31.2 Å². The maximum absolute atomic E-state index is 10.4. The van der Waals surface area contributed by atoms with E-state index in [0.29, 0.717) is 0 Å². The second-order valence-corrected chi connectivity index (χ2v) is 3.04. The second-order valence-electron chi connectivity index (χ2n) is 3.04. The van der Waals surface area contributed by atoms with Crippen molar-refractivity contribution >= 4 is 26.0 Å². The topological polar surface area (TPSA) is 92.4 Å². The van der Waals surface area contributed by atoms with Gasteiger partial charge in [0.2, 0.25) is 0 Å². The number of carbonyl (C=O) groups is 2. The van der Waals surface area contributed by atoms with E-state index in [1.54, 1.807) is 0 Å². The molecule has 0 saturated carbocycles. The average Bonchev–Trinajstić information content (AvgIpc) is 2.54. The minimum Gasteiger partial charge on any atom is -0.333 e. The van der Waals surface area contributed by atoms with E-state index in [-0.39, 0.29) is 0 Å². The third-order valence-electron chi connectivity index (χ3n) is 1.87. The van der Waals surface area contributed by atoms with Crippen molar-refractivity contribution in [3.05, 3.63) is 35.4 Å². The lowest BCUT2D eigenvalue weighted by Crippen LogP contribution is -2.13.